The molecule has 18 heavy (non-hydrogen) atoms. The molecule has 2 aromatic rings. The molecule has 1 saturated carbocycles. The van der Waals surface area contributed by atoms with Gasteiger partial charge in [0.15, 0.2) is 5.82 Å². The van der Waals surface area contributed by atoms with Crippen LogP contribution in [0, 0.1) is 0 Å². The van der Waals surface area contributed by atoms with Crippen molar-refractivity contribution in [2.24, 2.45) is 0 Å². The third-order valence-corrected chi connectivity index (χ3v) is 4.64. The normalized spacial score (nSPS) is 16.3. The SMILES string of the molecule is Clc1ccc(-c2n[nH]c(C3CCCC3)n2)cc1Br. The fraction of sp³-hybridized carbons (Fsp3) is 0.385. The lowest BCUT2D eigenvalue weighted by molar-refractivity contribution is 0.672. The van der Waals surface area contributed by atoms with E-state index in [1.165, 1.54) is 25.7 Å². The molecule has 1 fully saturated rings. The Morgan fingerprint density at radius 2 is 2.06 bits per heavy atom. The summed E-state index contributed by atoms with van der Waals surface area (Å²) in [4.78, 5) is 4.60. The molecule has 5 heteroatoms. The van der Waals surface area contributed by atoms with Crippen molar-refractivity contribution in [2.75, 3.05) is 0 Å². The first-order valence-electron chi connectivity index (χ1n) is 6.12. The van der Waals surface area contributed by atoms with Crippen LogP contribution in [-0.2, 0) is 0 Å². The van der Waals surface area contributed by atoms with Crippen LogP contribution in [0.3, 0.4) is 0 Å². The zero-order valence-electron chi connectivity index (χ0n) is 9.79. The van der Waals surface area contributed by atoms with Crippen LogP contribution in [0.5, 0.6) is 0 Å². The average molecular weight is 327 g/mol. The summed E-state index contributed by atoms with van der Waals surface area (Å²) in [7, 11) is 0. The minimum absolute atomic E-state index is 0.557. The minimum atomic E-state index is 0.557. The predicted molar refractivity (Wildman–Crippen MR) is 75.7 cm³/mol. The zero-order valence-corrected chi connectivity index (χ0v) is 12.1. The third kappa shape index (κ3) is 2.31. The van der Waals surface area contributed by atoms with Crippen molar-refractivity contribution in [3.63, 3.8) is 0 Å². The second-order valence-electron chi connectivity index (χ2n) is 4.65. The molecule has 94 valence electrons. The van der Waals surface area contributed by atoms with Gasteiger partial charge in [-0.15, -0.1) is 0 Å². The molecule has 1 heterocycles. The van der Waals surface area contributed by atoms with E-state index in [4.69, 9.17) is 11.6 Å². The Balaban J connectivity index is 1.89. The number of hydrogen-bond donors (Lipinski definition) is 1. The summed E-state index contributed by atoms with van der Waals surface area (Å²) in [6, 6.07) is 5.74. The van der Waals surface area contributed by atoms with E-state index in [1.54, 1.807) is 0 Å². The van der Waals surface area contributed by atoms with Crippen LogP contribution in [0.15, 0.2) is 22.7 Å². The molecule has 0 atom stereocenters. The van der Waals surface area contributed by atoms with E-state index in [1.807, 2.05) is 18.2 Å². The molecule has 0 spiro atoms. The number of nitrogens with one attached hydrogen (secondary N) is 1. The number of rotatable bonds is 2. The molecule has 3 rings (SSSR count). The fourth-order valence-corrected chi connectivity index (χ4v) is 2.92. The van der Waals surface area contributed by atoms with Gasteiger partial charge in [-0.1, -0.05) is 24.4 Å². The third-order valence-electron chi connectivity index (χ3n) is 3.42. The standard InChI is InChI=1S/C13H13BrClN3/c14-10-7-9(5-6-11(10)15)13-16-12(17-18-13)8-3-1-2-4-8/h5-8H,1-4H2,(H,16,17,18). The van der Waals surface area contributed by atoms with Crippen LogP contribution in [0.25, 0.3) is 11.4 Å². The van der Waals surface area contributed by atoms with Crippen LogP contribution in [0.1, 0.15) is 37.4 Å². The Kier molecular flexibility index (Phi) is 3.39. The monoisotopic (exact) mass is 325 g/mol. The lowest BCUT2D eigenvalue weighted by Gasteiger charge is -2.02. The van der Waals surface area contributed by atoms with E-state index in [0.717, 1.165) is 21.7 Å². The van der Waals surface area contributed by atoms with Crippen molar-refractivity contribution in [2.45, 2.75) is 31.6 Å². The lowest BCUT2D eigenvalue weighted by Crippen LogP contribution is -1.94. The van der Waals surface area contributed by atoms with Gasteiger partial charge in [0.25, 0.3) is 0 Å². The highest BCUT2D eigenvalue weighted by Crippen LogP contribution is 2.33. The van der Waals surface area contributed by atoms with E-state index >= 15 is 0 Å². The molecule has 1 aliphatic carbocycles. The number of benzene rings is 1. The van der Waals surface area contributed by atoms with Gasteiger partial charge >= 0.3 is 0 Å². The Morgan fingerprint density at radius 3 is 2.78 bits per heavy atom. The van der Waals surface area contributed by atoms with Gasteiger partial charge < -0.3 is 0 Å². The molecule has 1 aliphatic rings. The Morgan fingerprint density at radius 1 is 1.28 bits per heavy atom. The van der Waals surface area contributed by atoms with Crippen molar-refractivity contribution in [3.05, 3.63) is 33.5 Å². The number of halogens is 2. The average Bonchev–Trinajstić information content (AvgIpc) is 3.01. The predicted octanol–water partition coefficient (Wildman–Crippen LogP) is 4.55. The second-order valence-corrected chi connectivity index (χ2v) is 5.92. The molecule has 0 radical (unpaired) electrons. The van der Waals surface area contributed by atoms with Gasteiger partial charge in [0, 0.05) is 16.0 Å². The van der Waals surface area contributed by atoms with Crippen molar-refractivity contribution in [3.8, 4) is 11.4 Å². The van der Waals surface area contributed by atoms with E-state index < -0.39 is 0 Å². The summed E-state index contributed by atoms with van der Waals surface area (Å²) in [6.07, 6.45) is 5.04. The maximum atomic E-state index is 5.98. The first-order valence-corrected chi connectivity index (χ1v) is 7.29. The maximum Gasteiger partial charge on any atom is 0.181 e. The molecule has 3 nitrogen and oxygen atoms in total. The highest BCUT2D eigenvalue weighted by molar-refractivity contribution is 9.10. The topological polar surface area (TPSA) is 41.6 Å². The van der Waals surface area contributed by atoms with E-state index in [0.29, 0.717) is 10.9 Å². The minimum Gasteiger partial charge on any atom is -0.262 e. The number of aromatic amines is 1. The summed E-state index contributed by atoms with van der Waals surface area (Å²) in [6.45, 7) is 0. The van der Waals surface area contributed by atoms with Crippen molar-refractivity contribution < 1.29 is 0 Å². The second kappa shape index (κ2) is 5.02. The summed E-state index contributed by atoms with van der Waals surface area (Å²) in [5.74, 6) is 2.32. The van der Waals surface area contributed by atoms with Crippen LogP contribution in [0.2, 0.25) is 5.02 Å². The van der Waals surface area contributed by atoms with Crippen molar-refractivity contribution in [1.82, 2.24) is 15.2 Å². The Hall–Kier alpha value is -0.870. The van der Waals surface area contributed by atoms with Crippen LogP contribution in [0.4, 0.5) is 0 Å². The molecule has 0 amide bonds. The molecule has 1 aromatic carbocycles. The van der Waals surface area contributed by atoms with Crippen LogP contribution < -0.4 is 0 Å². The molecule has 1 aromatic heterocycles. The van der Waals surface area contributed by atoms with Crippen molar-refractivity contribution in [1.29, 1.82) is 0 Å². The van der Waals surface area contributed by atoms with Gasteiger partial charge in [-0.2, -0.15) is 5.10 Å². The van der Waals surface area contributed by atoms with E-state index in [9.17, 15) is 0 Å². The van der Waals surface area contributed by atoms with Gasteiger partial charge in [0.1, 0.15) is 5.82 Å². The molecular formula is C13H13BrClN3. The van der Waals surface area contributed by atoms with Gasteiger partial charge in [0.2, 0.25) is 0 Å². The largest absolute Gasteiger partial charge is 0.262 e. The first-order chi connectivity index (χ1) is 8.74. The van der Waals surface area contributed by atoms with E-state index in [2.05, 4.69) is 31.1 Å². The smallest absolute Gasteiger partial charge is 0.181 e. The summed E-state index contributed by atoms with van der Waals surface area (Å²) in [5, 5.41) is 8.07. The van der Waals surface area contributed by atoms with Gasteiger partial charge in [-0.05, 0) is 47.0 Å². The first kappa shape index (κ1) is 12.2. The highest BCUT2D eigenvalue weighted by atomic mass is 79.9. The Labute approximate surface area is 119 Å². The van der Waals surface area contributed by atoms with Gasteiger partial charge in [0.05, 0.1) is 5.02 Å². The van der Waals surface area contributed by atoms with Gasteiger partial charge in [-0.25, -0.2) is 4.98 Å². The van der Waals surface area contributed by atoms with Crippen LogP contribution in [-0.4, -0.2) is 15.2 Å². The lowest BCUT2D eigenvalue weighted by atomic mass is 10.1. The number of aromatic nitrogens is 3. The molecular weight excluding hydrogens is 314 g/mol. The number of hydrogen-bond acceptors (Lipinski definition) is 2. The summed E-state index contributed by atoms with van der Waals surface area (Å²) >= 11 is 9.40. The van der Waals surface area contributed by atoms with Crippen LogP contribution >= 0.6 is 27.5 Å². The molecule has 0 saturated heterocycles. The van der Waals surface area contributed by atoms with E-state index in [-0.39, 0.29) is 0 Å². The molecule has 0 unspecified atom stereocenters. The Bertz CT molecular complexity index is 561. The highest BCUT2D eigenvalue weighted by Gasteiger charge is 2.20. The molecule has 0 bridgehead atoms. The van der Waals surface area contributed by atoms with Gasteiger partial charge in [-0.3, -0.25) is 5.10 Å². The van der Waals surface area contributed by atoms with Crippen molar-refractivity contribution >= 4 is 27.5 Å². The summed E-state index contributed by atoms with van der Waals surface area (Å²) in [5.41, 5.74) is 0.978. The zero-order chi connectivity index (χ0) is 12.5. The fourth-order valence-electron chi connectivity index (χ4n) is 2.42. The quantitative estimate of drug-likeness (QED) is 0.880. The number of nitrogens with zero attached hydrogens (tertiary/aromatic N) is 2. The molecule has 1 N–H and O–H groups in total. The maximum absolute atomic E-state index is 5.98. The summed E-state index contributed by atoms with van der Waals surface area (Å²) < 4.78 is 0.869. The number of H-pyrrole nitrogens is 1. The molecule has 0 aliphatic heterocycles.